The number of aliphatic hydroxyl groups excluding tert-OH is 1. The number of esters is 1. The number of benzene rings is 1. The highest BCUT2D eigenvalue weighted by Gasteiger charge is 2.73. The Balaban J connectivity index is 1.61. The second-order valence-electron chi connectivity index (χ2n) is 11.5. The number of hydrogen-bond acceptors (Lipinski definition) is 6. The van der Waals surface area contributed by atoms with Crippen molar-refractivity contribution in [1.82, 2.24) is 4.90 Å². The van der Waals surface area contributed by atoms with E-state index in [1.807, 2.05) is 49.9 Å². The van der Waals surface area contributed by atoms with Gasteiger partial charge < -0.3 is 19.6 Å². The Labute approximate surface area is 235 Å². The zero-order valence-corrected chi connectivity index (χ0v) is 24.0. The molecule has 7 nitrogen and oxygen atoms in total. The second-order valence-corrected chi connectivity index (χ2v) is 13.3. The Morgan fingerprint density at radius 1 is 1.03 bits per heavy atom. The van der Waals surface area contributed by atoms with E-state index in [1.54, 1.807) is 16.7 Å². The van der Waals surface area contributed by atoms with Gasteiger partial charge in [-0.2, -0.15) is 0 Å². The van der Waals surface area contributed by atoms with E-state index >= 15 is 0 Å². The van der Waals surface area contributed by atoms with Crippen molar-refractivity contribution in [2.75, 3.05) is 31.2 Å². The normalized spacial score (nSPS) is 33.3. The molecule has 0 aliphatic carbocycles. The van der Waals surface area contributed by atoms with Gasteiger partial charge >= 0.3 is 5.97 Å². The molecule has 4 aliphatic heterocycles. The van der Waals surface area contributed by atoms with E-state index in [-0.39, 0.29) is 24.4 Å². The van der Waals surface area contributed by atoms with Crippen LogP contribution in [-0.2, 0) is 19.1 Å². The summed E-state index contributed by atoms with van der Waals surface area (Å²) < 4.78 is 4.20. The summed E-state index contributed by atoms with van der Waals surface area (Å²) in [6, 6.07) is 5.36. The molecule has 5 rings (SSSR count). The van der Waals surface area contributed by atoms with Gasteiger partial charge in [0.05, 0.1) is 23.2 Å². The van der Waals surface area contributed by atoms with E-state index in [0.29, 0.717) is 32.5 Å². The molecule has 4 aliphatic rings. The molecule has 2 fully saturated rings. The van der Waals surface area contributed by atoms with Crippen molar-refractivity contribution in [3.8, 4) is 0 Å². The first kappa shape index (κ1) is 28.0. The first-order valence-corrected chi connectivity index (χ1v) is 15.1. The van der Waals surface area contributed by atoms with Crippen molar-refractivity contribution in [2.45, 2.75) is 74.8 Å². The van der Waals surface area contributed by atoms with Crippen LogP contribution in [0.25, 0.3) is 0 Å². The lowest BCUT2D eigenvalue weighted by molar-refractivity contribution is -0.154. The topological polar surface area (TPSA) is 87.2 Å². The van der Waals surface area contributed by atoms with Gasteiger partial charge in [0.25, 0.3) is 5.91 Å². The average Bonchev–Trinajstić information content (AvgIpc) is 3.23. The van der Waals surface area contributed by atoms with Gasteiger partial charge in [-0.3, -0.25) is 14.4 Å². The number of nitrogens with zero attached hydrogens (tertiary/aromatic N) is 2. The lowest BCUT2D eigenvalue weighted by atomic mass is 9.74. The van der Waals surface area contributed by atoms with Gasteiger partial charge in [-0.15, -0.1) is 11.8 Å². The van der Waals surface area contributed by atoms with Crippen LogP contribution in [0.2, 0.25) is 0 Å². The minimum Gasteiger partial charge on any atom is -0.465 e. The number of amides is 2. The number of aryl methyl sites for hydroxylation is 2. The highest BCUT2D eigenvalue weighted by molar-refractivity contribution is 8.02. The zero-order valence-electron chi connectivity index (χ0n) is 23.2. The average molecular weight is 553 g/mol. The van der Waals surface area contributed by atoms with Crippen molar-refractivity contribution in [3.63, 3.8) is 0 Å². The van der Waals surface area contributed by atoms with E-state index in [4.69, 9.17) is 4.74 Å². The van der Waals surface area contributed by atoms with Gasteiger partial charge in [0.15, 0.2) is 0 Å². The minimum absolute atomic E-state index is 0.0977. The summed E-state index contributed by atoms with van der Waals surface area (Å²) in [4.78, 5) is 46.1. The molecule has 0 bridgehead atoms. The molecule has 5 atom stereocenters. The molecule has 1 unspecified atom stereocenters. The molecule has 210 valence electrons. The predicted molar refractivity (Wildman–Crippen MR) is 154 cm³/mol. The van der Waals surface area contributed by atoms with Gasteiger partial charge in [0.1, 0.15) is 6.04 Å². The number of cyclic esters (lactones) is 1. The molecular formula is C31H40N2O5S. The zero-order chi connectivity index (χ0) is 27.8. The van der Waals surface area contributed by atoms with E-state index in [2.05, 4.69) is 18.2 Å². The molecule has 2 saturated heterocycles. The Kier molecular flexibility index (Phi) is 7.98. The minimum atomic E-state index is -0.881. The Bertz CT molecular complexity index is 1200. The third-order valence-corrected chi connectivity index (χ3v) is 10.5. The number of carbonyl (C=O) groups is 3. The first-order chi connectivity index (χ1) is 18.7. The smallest absolute Gasteiger partial charge is 0.311 e. The van der Waals surface area contributed by atoms with E-state index in [1.165, 1.54) is 0 Å². The number of fused-ring (bicyclic) bond motifs is 2. The number of unbranched alkanes of at least 4 members (excludes halogenated alkanes) is 2. The van der Waals surface area contributed by atoms with Crippen LogP contribution >= 0.6 is 11.8 Å². The standard InChI is InChI=1S/C31H40N2O5S/c1-21-12-13-22(2)23(20-21)32-17-11-15-31-24(27(35)33(26(31)28(32)36)16-8-6-9-18-34)25-29(37)38-19-10-5-4-7-14-30(25,3)39-31/h7,11-15,20,24-26,34H,4-6,8-10,16-19H2,1-3H3/b14-7-/t24-,25+,26?,30-,31-/m0/s1. The third-order valence-electron chi connectivity index (χ3n) is 8.71. The molecule has 4 heterocycles. The predicted octanol–water partition coefficient (Wildman–Crippen LogP) is 4.34. The lowest BCUT2D eigenvalue weighted by Crippen LogP contribution is -2.53. The summed E-state index contributed by atoms with van der Waals surface area (Å²) in [6.45, 7) is 7.30. The molecule has 1 aromatic rings. The fourth-order valence-corrected chi connectivity index (χ4v) is 8.99. The number of carbonyl (C=O) groups excluding carboxylic acids is 3. The number of aliphatic hydroxyl groups is 1. The van der Waals surface area contributed by atoms with Crippen LogP contribution in [0.3, 0.4) is 0 Å². The van der Waals surface area contributed by atoms with Gasteiger partial charge in [-0.05, 0) is 76.5 Å². The van der Waals surface area contributed by atoms with Gasteiger partial charge in [0, 0.05) is 30.1 Å². The molecule has 8 heteroatoms. The Morgan fingerprint density at radius 3 is 2.64 bits per heavy atom. The maximum atomic E-state index is 14.6. The van der Waals surface area contributed by atoms with E-state index < -0.39 is 27.4 Å². The van der Waals surface area contributed by atoms with Crippen LogP contribution in [0, 0.1) is 25.7 Å². The summed E-state index contributed by atoms with van der Waals surface area (Å²) in [5, 5.41) is 9.28. The SMILES string of the molecule is Cc1ccc(C)c(N2CC=C[C@]34S[C@@]5(C)/C=C\CCCCOC(=O)[C@H]5[C@H]3C(=O)N(CCCCCO)C4C2=O)c1. The highest BCUT2D eigenvalue weighted by atomic mass is 32.2. The van der Waals surface area contributed by atoms with Gasteiger partial charge in [-0.1, -0.05) is 36.4 Å². The van der Waals surface area contributed by atoms with Gasteiger partial charge in [-0.25, -0.2) is 0 Å². The van der Waals surface area contributed by atoms with Crippen LogP contribution in [0.4, 0.5) is 5.69 Å². The molecule has 1 N–H and O–H groups in total. The molecule has 0 saturated carbocycles. The van der Waals surface area contributed by atoms with Crippen molar-refractivity contribution < 1.29 is 24.2 Å². The van der Waals surface area contributed by atoms with Crippen molar-refractivity contribution in [2.24, 2.45) is 11.8 Å². The fraction of sp³-hybridized carbons (Fsp3) is 0.581. The third kappa shape index (κ3) is 4.84. The summed E-state index contributed by atoms with van der Waals surface area (Å²) in [5.41, 5.74) is 2.92. The maximum Gasteiger partial charge on any atom is 0.311 e. The van der Waals surface area contributed by atoms with Crippen LogP contribution in [0.1, 0.15) is 56.6 Å². The second kappa shape index (κ2) is 11.1. The molecule has 0 aromatic heterocycles. The number of ether oxygens (including phenoxy) is 1. The highest BCUT2D eigenvalue weighted by Crippen LogP contribution is 2.65. The maximum absolute atomic E-state index is 14.6. The monoisotopic (exact) mass is 552 g/mol. The Morgan fingerprint density at radius 2 is 1.85 bits per heavy atom. The van der Waals surface area contributed by atoms with Crippen molar-refractivity contribution >= 4 is 35.2 Å². The lowest BCUT2D eigenvalue weighted by Gasteiger charge is -2.37. The Hall–Kier alpha value is -2.58. The van der Waals surface area contributed by atoms with Crippen LogP contribution < -0.4 is 4.90 Å². The molecule has 2 amide bonds. The molecule has 39 heavy (non-hydrogen) atoms. The first-order valence-electron chi connectivity index (χ1n) is 14.3. The number of rotatable bonds is 6. The number of allylic oxidation sites excluding steroid dienone is 1. The number of likely N-dealkylation sites (tertiary alicyclic amines) is 1. The van der Waals surface area contributed by atoms with Crippen molar-refractivity contribution in [3.05, 3.63) is 53.6 Å². The summed E-state index contributed by atoms with van der Waals surface area (Å²) in [5.74, 6) is -1.97. The number of anilines is 1. The van der Waals surface area contributed by atoms with Gasteiger partial charge in [0.2, 0.25) is 5.91 Å². The largest absolute Gasteiger partial charge is 0.465 e. The van der Waals surface area contributed by atoms with E-state index in [0.717, 1.165) is 42.5 Å². The molecule has 1 spiro atoms. The quantitative estimate of drug-likeness (QED) is 0.321. The van der Waals surface area contributed by atoms with Crippen molar-refractivity contribution in [1.29, 1.82) is 0 Å². The van der Waals surface area contributed by atoms with Crippen LogP contribution in [0.5, 0.6) is 0 Å². The summed E-state index contributed by atoms with van der Waals surface area (Å²) >= 11 is 1.59. The number of thioether (sulfide) groups is 1. The molecular weight excluding hydrogens is 512 g/mol. The fourth-order valence-electron chi connectivity index (χ4n) is 6.83. The molecule has 0 radical (unpaired) electrons. The van der Waals surface area contributed by atoms with Crippen LogP contribution in [0.15, 0.2) is 42.5 Å². The number of hydrogen-bond donors (Lipinski definition) is 1. The van der Waals surface area contributed by atoms with Crippen LogP contribution in [-0.4, -0.2) is 69.6 Å². The summed E-state index contributed by atoms with van der Waals surface area (Å²) in [6.07, 6.45) is 13.0. The summed E-state index contributed by atoms with van der Waals surface area (Å²) in [7, 11) is 0. The van der Waals surface area contributed by atoms with E-state index in [9.17, 15) is 19.5 Å². The molecule has 1 aromatic carbocycles.